The Labute approximate surface area is 154 Å². The third kappa shape index (κ3) is 2.48. The van der Waals surface area contributed by atoms with Crippen molar-refractivity contribution in [3.8, 4) is 11.8 Å². The van der Waals surface area contributed by atoms with Crippen molar-refractivity contribution in [2.45, 2.75) is 78.7 Å². The molecule has 0 amide bonds. The van der Waals surface area contributed by atoms with Crippen molar-refractivity contribution in [3.63, 3.8) is 0 Å². The van der Waals surface area contributed by atoms with E-state index in [1.54, 1.807) is 11.1 Å². The molecule has 0 bridgehead atoms. The standard InChI is InChI=1S/C24H34O/c1-5-6-16(2)20-9-10-21-19-8-7-17-15-18(25)11-13-23(17,3)22(19)12-14-24(20,21)4/h7-8,16-18,20,22,25H,9-15H2,1-4H3/t16-,17?,18?,20-,22+,23+,24-/m1/s1. The van der Waals surface area contributed by atoms with Gasteiger partial charge in [-0.1, -0.05) is 38.5 Å². The highest BCUT2D eigenvalue weighted by Crippen LogP contribution is 2.64. The SMILES string of the molecule is CC#C[C@@H](C)[C@H]1CCC2=C3C=CC4CC(O)CC[C@]4(C)[C@H]3CC[C@@]21C. The Balaban J connectivity index is 1.73. The molecule has 2 saturated carbocycles. The summed E-state index contributed by atoms with van der Waals surface area (Å²) < 4.78 is 0. The Morgan fingerprint density at radius 3 is 2.76 bits per heavy atom. The van der Waals surface area contributed by atoms with E-state index in [1.807, 2.05) is 6.92 Å². The summed E-state index contributed by atoms with van der Waals surface area (Å²) in [6.45, 7) is 9.36. The summed E-state index contributed by atoms with van der Waals surface area (Å²) in [6.07, 6.45) is 13.2. The molecule has 25 heavy (non-hydrogen) atoms. The zero-order valence-corrected chi connectivity index (χ0v) is 16.4. The van der Waals surface area contributed by atoms with Gasteiger partial charge in [0.2, 0.25) is 0 Å². The fraction of sp³-hybridized carbons (Fsp3) is 0.750. The maximum Gasteiger partial charge on any atom is 0.0546 e. The van der Waals surface area contributed by atoms with Gasteiger partial charge in [-0.05, 0) is 86.0 Å². The number of aliphatic hydroxyl groups excluding tert-OH is 1. The number of fused-ring (bicyclic) bond motifs is 4. The van der Waals surface area contributed by atoms with Crippen LogP contribution in [0.25, 0.3) is 0 Å². The molecule has 4 rings (SSSR count). The van der Waals surface area contributed by atoms with Crippen molar-refractivity contribution >= 4 is 0 Å². The summed E-state index contributed by atoms with van der Waals surface area (Å²) in [5, 5.41) is 10.1. The molecular formula is C24H34O. The predicted molar refractivity (Wildman–Crippen MR) is 104 cm³/mol. The van der Waals surface area contributed by atoms with Gasteiger partial charge in [0.25, 0.3) is 0 Å². The maximum atomic E-state index is 10.1. The van der Waals surface area contributed by atoms with Crippen molar-refractivity contribution in [1.29, 1.82) is 0 Å². The first-order valence-corrected chi connectivity index (χ1v) is 10.4. The maximum absolute atomic E-state index is 10.1. The molecule has 0 aliphatic heterocycles. The van der Waals surface area contributed by atoms with Crippen molar-refractivity contribution in [1.82, 2.24) is 0 Å². The minimum Gasteiger partial charge on any atom is -0.393 e. The van der Waals surface area contributed by atoms with E-state index >= 15 is 0 Å². The number of aliphatic hydroxyl groups is 1. The highest BCUT2D eigenvalue weighted by Gasteiger charge is 2.54. The van der Waals surface area contributed by atoms with Crippen LogP contribution in [0.5, 0.6) is 0 Å². The van der Waals surface area contributed by atoms with E-state index in [0.29, 0.717) is 28.6 Å². The monoisotopic (exact) mass is 338 g/mol. The van der Waals surface area contributed by atoms with Gasteiger partial charge in [0.15, 0.2) is 0 Å². The first kappa shape index (κ1) is 17.4. The molecule has 2 unspecified atom stereocenters. The van der Waals surface area contributed by atoms with Gasteiger partial charge < -0.3 is 5.11 Å². The molecule has 4 aliphatic rings. The molecule has 4 aliphatic carbocycles. The molecule has 7 atom stereocenters. The molecule has 0 aromatic rings. The summed E-state index contributed by atoms with van der Waals surface area (Å²) in [5.74, 6) is 9.12. The van der Waals surface area contributed by atoms with Gasteiger partial charge >= 0.3 is 0 Å². The molecule has 1 N–H and O–H groups in total. The molecule has 1 nitrogen and oxygen atoms in total. The summed E-state index contributed by atoms with van der Waals surface area (Å²) in [6, 6.07) is 0. The summed E-state index contributed by atoms with van der Waals surface area (Å²) in [7, 11) is 0. The van der Waals surface area contributed by atoms with Crippen LogP contribution in [-0.2, 0) is 0 Å². The Bertz CT molecular complexity index is 674. The number of allylic oxidation sites excluding steroid dienone is 4. The summed E-state index contributed by atoms with van der Waals surface area (Å²) in [5.41, 5.74) is 4.17. The van der Waals surface area contributed by atoms with Gasteiger partial charge in [-0.3, -0.25) is 0 Å². The second-order valence-electron chi connectivity index (χ2n) is 9.67. The van der Waals surface area contributed by atoms with Gasteiger partial charge in [0, 0.05) is 5.92 Å². The van der Waals surface area contributed by atoms with E-state index in [1.165, 1.54) is 32.1 Å². The number of hydrogen-bond donors (Lipinski definition) is 1. The number of hydrogen-bond acceptors (Lipinski definition) is 1. The Morgan fingerprint density at radius 2 is 2.00 bits per heavy atom. The smallest absolute Gasteiger partial charge is 0.0546 e. The van der Waals surface area contributed by atoms with E-state index < -0.39 is 0 Å². The lowest BCUT2D eigenvalue weighted by Crippen LogP contribution is -2.46. The fourth-order valence-corrected chi connectivity index (χ4v) is 7.07. The van der Waals surface area contributed by atoms with Crippen LogP contribution in [0.3, 0.4) is 0 Å². The average Bonchev–Trinajstić information content (AvgIpc) is 2.93. The van der Waals surface area contributed by atoms with Crippen molar-refractivity contribution in [2.75, 3.05) is 0 Å². The minimum atomic E-state index is -0.0879. The zero-order chi connectivity index (χ0) is 17.8. The van der Waals surface area contributed by atoms with E-state index in [9.17, 15) is 5.11 Å². The van der Waals surface area contributed by atoms with Gasteiger partial charge in [-0.2, -0.15) is 0 Å². The van der Waals surface area contributed by atoms with Crippen LogP contribution in [0.1, 0.15) is 72.6 Å². The van der Waals surface area contributed by atoms with Gasteiger partial charge in [-0.25, -0.2) is 0 Å². The van der Waals surface area contributed by atoms with Crippen LogP contribution in [0.2, 0.25) is 0 Å². The third-order valence-electron chi connectivity index (χ3n) is 8.56. The largest absolute Gasteiger partial charge is 0.393 e. The Hall–Kier alpha value is -1.00. The zero-order valence-electron chi connectivity index (χ0n) is 16.4. The highest BCUT2D eigenvalue weighted by atomic mass is 16.3. The molecule has 0 radical (unpaired) electrons. The van der Waals surface area contributed by atoms with Gasteiger partial charge in [0.1, 0.15) is 0 Å². The molecule has 2 fully saturated rings. The lowest BCUT2D eigenvalue weighted by molar-refractivity contribution is -0.00254. The van der Waals surface area contributed by atoms with Crippen LogP contribution in [0.4, 0.5) is 0 Å². The van der Waals surface area contributed by atoms with Crippen molar-refractivity contribution in [3.05, 3.63) is 23.3 Å². The molecule has 0 aromatic heterocycles. The highest BCUT2D eigenvalue weighted by molar-refractivity contribution is 5.42. The lowest BCUT2D eigenvalue weighted by atomic mass is 9.51. The topological polar surface area (TPSA) is 20.2 Å². The molecule has 1 heteroatoms. The average molecular weight is 339 g/mol. The van der Waals surface area contributed by atoms with Crippen molar-refractivity contribution < 1.29 is 5.11 Å². The fourth-order valence-electron chi connectivity index (χ4n) is 7.07. The Kier molecular flexibility index (Phi) is 4.19. The van der Waals surface area contributed by atoms with E-state index in [0.717, 1.165) is 18.8 Å². The molecule has 0 saturated heterocycles. The molecule has 0 heterocycles. The van der Waals surface area contributed by atoms with E-state index in [-0.39, 0.29) is 6.10 Å². The summed E-state index contributed by atoms with van der Waals surface area (Å²) >= 11 is 0. The molecular weight excluding hydrogens is 304 g/mol. The quantitative estimate of drug-likeness (QED) is 0.625. The minimum absolute atomic E-state index is 0.0879. The van der Waals surface area contributed by atoms with Crippen LogP contribution < -0.4 is 0 Å². The third-order valence-corrected chi connectivity index (χ3v) is 8.56. The van der Waals surface area contributed by atoms with Crippen LogP contribution in [-0.4, -0.2) is 11.2 Å². The summed E-state index contributed by atoms with van der Waals surface area (Å²) in [4.78, 5) is 0. The van der Waals surface area contributed by atoms with Crippen LogP contribution >= 0.6 is 0 Å². The first-order valence-electron chi connectivity index (χ1n) is 10.4. The second kappa shape index (κ2) is 6.02. The molecule has 0 spiro atoms. The normalized spacial score (nSPS) is 46.6. The van der Waals surface area contributed by atoms with E-state index in [4.69, 9.17) is 0 Å². The predicted octanol–water partition coefficient (Wildman–Crippen LogP) is 5.51. The molecule has 136 valence electrons. The van der Waals surface area contributed by atoms with Gasteiger partial charge in [0.05, 0.1) is 6.10 Å². The Morgan fingerprint density at radius 1 is 1.20 bits per heavy atom. The first-order chi connectivity index (χ1) is 11.9. The van der Waals surface area contributed by atoms with Crippen LogP contribution in [0, 0.1) is 46.3 Å². The van der Waals surface area contributed by atoms with E-state index in [2.05, 4.69) is 44.8 Å². The number of rotatable bonds is 1. The van der Waals surface area contributed by atoms with Gasteiger partial charge in [-0.15, -0.1) is 11.8 Å². The lowest BCUT2D eigenvalue weighted by Gasteiger charge is -2.54. The second-order valence-corrected chi connectivity index (χ2v) is 9.67. The van der Waals surface area contributed by atoms with Crippen LogP contribution in [0.15, 0.2) is 23.3 Å². The molecule has 0 aromatic carbocycles. The van der Waals surface area contributed by atoms with Crippen molar-refractivity contribution in [2.24, 2.45) is 34.5 Å².